The molecule has 0 spiro atoms. The summed E-state index contributed by atoms with van der Waals surface area (Å²) in [5.74, 6) is 2.37. The Bertz CT molecular complexity index is 558. The predicted molar refractivity (Wildman–Crippen MR) is 87.8 cm³/mol. The monoisotopic (exact) mass is 301 g/mol. The third kappa shape index (κ3) is 4.67. The lowest BCUT2D eigenvalue weighted by molar-refractivity contribution is 0.209. The van der Waals surface area contributed by atoms with Gasteiger partial charge in [0.05, 0.1) is 7.11 Å². The van der Waals surface area contributed by atoms with E-state index in [1.54, 1.807) is 7.11 Å². The lowest BCUT2D eigenvalue weighted by Gasteiger charge is -2.15. The standard InChI is InChI=1S/C18H23NO3/c1-3-19-14-15-8-7-11-17(20-2)18(15)22-13-12-21-16-9-5-4-6-10-16/h4-11,19H,3,12-14H2,1-2H3. The summed E-state index contributed by atoms with van der Waals surface area (Å²) >= 11 is 0. The van der Waals surface area contributed by atoms with Gasteiger partial charge in [0, 0.05) is 12.1 Å². The van der Waals surface area contributed by atoms with Gasteiger partial charge in [0.1, 0.15) is 19.0 Å². The molecule has 0 bridgehead atoms. The molecule has 2 aromatic carbocycles. The number of para-hydroxylation sites is 2. The minimum Gasteiger partial charge on any atom is -0.493 e. The van der Waals surface area contributed by atoms with Crippen LogP contribution in [0.1, 0.15) is 12.5 Å². The summed E-state index contributed by atoms with van der Waals surface area (Å²) < 4.78 is 16.9. The number of hydrogen-bond acceptors (Lipinski definition) is 4. The molecule has 0 aliphatic heterocycles. The van der Waals surface area contributed by atoms with Gasteiger partial charge in [-0.3, -0.25) is 0 Å². The summed E-state index contributed by atoms with van der Waals surface area (Å²) in [4.78, 5) is 0. The smallest absolute Gasteiger partial charge is 0.165 e. The van der Waals surface area contributed by atoms with Crippen LogP contribution in [0.5, 0.6) is 17.2 Å². The Labute approximate surface area is 132 Å². The lowest BCUT2D eigenvalue weighted by Crippen LogP contribution is -2.15. The fourth-order valence-electron chi connectivity index (χ4n) is 2.10. The van der Waals surface area contributed by atoms with Crippen LogP contribution >= 0.6 is 0 Å². The third-order valence-corrected chi connectivity index (χ3v) is 3.19. The first-order chi connectivity index (χ1) is 10.8. The van der Waals surface area contributed by atoms with Crippen molar-refractivity contribution in [2.24, 2.45) is 0 Å². The SMILES string of the molecule is CCNCc1cccc(OC)c1OCCOc1ccccc1. The molecule has 1 N–H and O–H groups in total. The number of hydrogen-bond donors (Lipinski definition) is 1. The highest BCUT2D eigenvalue weighted by Crippen LogP contribution is 2.31. The van der Waals surface area contributed by atoms with Crippen LogP contribution in [0.4, 0.5) is 0 Å². The van der Waals surface area contributed by atoms with E-state index in [0.717, 1.165) is 35.9 Å². The Balaban J connectivity index is 1.92. The van der Waals surface area contributed by atoms with Gasteiger partial charge >= 0.3 is 0 Å². The number of ether oxygens (including phenoxy) is 3. The normalized spacial score (nSPS) is 10.3. The van der Waals surface area contributed by atoms with Gasteiger partial charge in [0.2, 0.25) is 0 Å². The van der Waals surface area contributed by atoms with Crippen molar-refractivity contribution in [3.63, 3.8) is 0 Å². The molecule has 0 fully saturated rings. The van der Waals surface area contributed by atoms with Gasteiger partial charge < -0.3 is 19.5 Å². The molecule has 0 amide bonds. The molecule has 0 saturated heterocycles. The van der Waals surface area contributed by atoms with E-state index in [4.69, 9.17) is 14.2 Å². The molecule has 4 heteroatoms. The predicted octanol–water partition coefficient (Wildman–Crippen LogP) is 3.26. The van der Waals surface area contributed by atoms with Crippen LogP contribution in [0.25, 0.3) is 0 Å². The number of methoxy groups -OCH3 is 1. The quantitative estimate of drug-likeness (QED) is 0.722. The molecule has 0 heterocycles. The molecule has 0 aliphatic carbocycles. The topological polar surface area (TPSA) is 39.7 Å². The first kappa shape index (κ1) is 16.2. The fraction of sp³-hybridized carbons (Fsp3) is 0.333. The first-order valence-electron chi connectivity index (χ1n) is 7.52. The zero-order chi connectivity index (χ0) is 15.6. The average molecular weight is 301 g/mol. The van der Waals surface area contributed by atoms with Crippen LogP contribution in [0, 0.1) is 0 Å². The summed E-state index contributed by atoms with van der Waals surface area (Å²) in [6, 6.07) is 15.6. The van der Waals surface area contributed by atoms with E-state index in [0.29, 0.717) is 13.2 Å². The van der Waals surface area contributed by atoms with Crippen molar-refractivity contribution in [3.05, 3.63) is 54.1 Å². The zero-order valence-electron chi connectivity index (χ0n) is 13.2. The number of rotatable bonds is 9. The fourth-order valence-corrected chi connectivity index (χ4v) is 2.10. The van der Waals surface area contributed by atoms with Gasteiger partial charge in [-0.15, -0.1) is 0 Å². The molecular weight excluding hydrogens is 278 g/mol. The van der Waals surface area contributed by atoms with E-state index in [1.807, 2.05) is 48.5 Å². The maximum atomic E-state index is 5.89. The van der Waals surface area contributed by atoms with Gasteiger partial charge in [0.15, 0.2) is 11.5 Å². The molecular formula is C18H23NO3. The summed E-state index contributed by atoms with van der Waals surface area (Å²) in [6.07, 6.45) is 0. The summed E-state index contributed by atoms with van der Waals surface area (Å²) in [5.41, 5.74) is 1.08. The lowest BCUT2D eigenvalue weighted by atomic mass is 10.2. The van der Waals surface area contributed by atoms with Crippen molar-refractivity contribution in [3.8, 4) is 17.2 Å². The number of nitrogens with one attached hydrogen (secondary N) is 1. The highest BCUT2D eigenvalue weighted by Gasteiger charge is 2.10. The van der Waals surface area contributed by atoms with Crippen LogP contribution in [0.15, 0.2) is 48.5 Å². The second-order valence-corrected chi connectivity index (χ2v) is 4.74. The Morgan fingerprint density at radius 3 is 2.41 bits per heavy atom. The second kappa shape index (κ2) is 8.95. The molecule has 0 aliphatic rings. The Morgan fingerprint density at radius 1 is 0.909 bits per heavy atom. The van der Waals surface area contributed by atoms with E-state index in [-0.39, 0.29) is 0 Å². The Morgan fingerprint density at radius 2 is 1.68 bits per heavy atom. The molecule has 22 heavy (non-hydrogen) atoms. The molecule has 0 saturated carbocycles. The van der Waals surface area contributed by atoms with Crippen molar-refractivity contribution < 1.29 is 14.2 Å². The summed E-state index contributed by atoms with van der Waals surface area (Å²) in [6.45, 7) is 4.70. The highest BCUT2D eigenvalue weighted by molar-refractivity contribution is 5.46. The molecule has 0 aromatic heterocycles. The number of benzene rings is 2. The van der Waals surface area contributed by atoms with E-state index in [1.165, 1.54) is 0 Å². The van der Waals surface area contributed by atoms with Crippen molar-refractivity contribution in [1.82, 2.24) is 5.32 Å². The van der Waals surface area contributed by atoms with E-state index in [2.05, 4.69) is 12.2 Å². The Hall–Kier alpha value is -2.20. The summed E-state index contributed by atoms with van der Waals surface area (Å²) in [5, 5.41) is 3.31. The molecule has 2 rings (SSSR count). The van der Waals surface area contributed by atoms with Gasteiger partial charge in [-0.25, -0.2) is 0 Å². The van der Waals surface area contributed by atoms with Gasteiger partial charge in [-0.2, -0.15) is 0 Å². The minimum atomic E-state index is 0.467. The van der Waals surface area contributed by atoms with E-state index < -0.39 is 0 Å². The zero-order valence-corrected chi connectivity index (χ0v) is 13.2. The second-order valence-electron chi connectivity index (χ2n) is 4.74. The third-order valence-electron chi connectivity index (χ3n) is 3.19. The molecule has 0 atom stereocenters. The molecule has 4 nitrogen and oxygen atoms in total. The van der Waals surface area contributed by atoms with Crippen LogP contribution in [0.3, 0.4) is 0 Å². The molecule has 118 valence electrons. The van der Waals surface area contributed by atoms with Gasteiger partial charge in [-0.1, -0.05) is 37.3 Å². The van der Waals surface area contributed by atoms with Crippen molar-refractivity contribution in [2.45, 2.75) is 13.5 Å². The summed E-state index contributed by atoms with van der Waals surface area (Å²) in [7, 11) is 1.65. The molecule has 0 unspecified atom stereocenters. The molecule has 2 aromatic rings. The first-order valence-corrected chi connectivity index (χ1v) is 7.52. The van der Waals surface area contributed by atoms with Crippen molar-refractivity contribution in [1.29, 1.82) is 0 Å². The van der Waals surface area contributed by atoms with Crippen LogP contribution < -0.4 is 19.5 Å². The van der Waals surface area contributed by atoms with Gasteiger partial charge in [0.25, 0.3) is 0 Å². The average Bonchev–Trinajstić information content (AvgIpc) is 2.58. The van der Waals surface area contributed by atoms with Crippen LogP contribution in [-0.4, -0.2) is 26.9 Å². The largest absolute Gasteiger partial charge is 0.493 e. The Kier molecular flexibility index (Phi) is 6.58. The maximum absolute atomic E-state index is 5.89. The maximum Gasteiger partial charge on any atom is 0.165 e. The van der Waals surface area contributed by atoms with Crippen LogP contribution in [0.2, 0.25) is 0 Å². The van der Waals surface area contributed by atoms with E-state index in [9.17, 15) is 0 Å². The highest BCUT2D eigenvalue weighted by atomic mass is 16.5. The van der Waals surface area contributed by atoms with Crippen LogP contribution in [-0.2, 0) is 6.54 Å². The van der Waals surface area contributed by atoms with Crippen molar-refractivity contribution in [2.75, 3.05) is 26.9 Å². The molecule has 0 radical (unpaired) electrons. The minimum absolute atomic E-state index is 0.467. The van der Waals surface area contributed by atoms with Crippen molar-refractivity contribution >= 4 is 0 Å². The van der Waals surface area contributed by atoms with E-state index >= 15 is 0 Å². The van der Waals surface area contributed by atoms with Gasteiger partial charge in [-0.05, 0) is 24.7 Å².